The number of piperidine rings is 1. The van der Waals surface area contributed by atoms with E-state index in [1.54, 1.807) is 5.38 Å². The van der Waals surface area contributed by atoms with Crippen LogP contribution in [0.5, 0.6) is 5.75 Å². The molecule has 0 unspecified atom stereocenters. The van der Waals surface area contributed by atoms with Gasteiger partial charge in [-0.1, -0.05) is 12.0 Å². The Morgan fingerprint density at radius 3 is 2.95 bits per heavy atom. The molecule has 2 aliphatic rings. The number of anilines is 1. The highest BCUT2D eigenvalue weighted by Gasteiger charge is 2.55. The summed E-state index contributed by atoms with van der Waals surface area (Å²) in [6.07, 6.45) is 0.386. The summed E-state index contributed by atoms with van der Waals surface area (Å²) in [5.74, 6) is -3.00. The van der Waals surface area contributed by atoms with Crippen LogP contribution in [-0.4, -0.2) is 34.1 Å². The molecule has 3 heterocycles. The van der Waals surface area contributed by atoms with Gasteiger partial charge in [0.2, 0.25) is 5.91 Å². The Labute approximate surface area is 125 Å². The predicted molar refractivity (Wildman–Crippen MR) is 75.0 cm³/mol. The number of hydrogen-bond donors (Lipinski definition) is 1. The summed E-state index contributed by atoms with van der Waals surface area (Å²) in [6, 6.07) is 0. The van der Waals surface area contributed by atoms with E-state index in [9.17, 15) is 9.59 Å². The highest BCUT2D eigenvalue weighted by atomic mass is 32.1. The van der Waals surface area contributed by atoms with E-state index in [1.807, 2.05) is 6.92 Å². The van der Waals surface area contributed by atoms with Crippen LogP contribution in [0.4, 0.5) is 9.39 Å². The van der Waals surface area contributed by atoms with Crippen LogP contribution in [-0.2, 0) is 16.1 Å². The summed E-state index contributed by atoms with van der Waals surface area (Å²) in [5, 5.41) is 3.26. The molecule has 0 aromatic carbocycles. The number of nitrogen functional groups attached to an aromatic ring is 1. The van der Waals surface area contributed by atoms with Gasteiger partial charge in [-0.05, 0) is 6.42 Å². The highest BCUT2D eigenvalue weighted by Crippen LogP contribution is 2.43. The molecule has 0 saturated carbocycles. The van der Waals surface area contributed by atoms with Crippen molar-refractivity contribution in [3.63, 3.8) is 0 Å². The fraction of sp³-hybridized carbons (Fsp3) is 0.538. The molecule has 0 bridgehead atoms. The van der Waals surface area contributed by atoms with E-state index < -0.39 is 11.7 Å². The molecule has 1 atom stereocenters. The zero-order valence-electron chi connectivity index (χ0n) is 11.6. The van der Waals surface area contributed by atoms with Crippen molar-refractivity contribution in [3.8, 4) is 5.75 Å². The third-order valence-corrected chi connectivity index (χ3v) is 4.62. The van der Waals surface area contributed by atoms with Gasteiger partial charge in [-0.2, -0.15) is 0 Å². The minimum atomic E-state index is -2.31. The van der Waals surface area contributed by atoms with Crippen LogP contribution in [0.15, 0.2) is 5.38 Å². The number of likely N-dealkylation sites (tertiary alicyclic amines) is 1. The lowest BCUT2D eigenvalue weighted by Gasteiger charge is -2.38. The lowest BCUT2D eigenvalue weighted by molar-refractivity contribution is -0.218. The summed E-state index contributed by atoms with van der Waals surface area (Å²) < 4.78 is 15.2. The molecule has 6 nitrogen and oxygen atoms in total. The molecule has 0 spiro atoms. The lowest BCUT2D eigenvalue weighted by Crippen LogP contribution is -2.61. The first-order valence-electron chi connectivity index (χ1n) is 6.82. The Morgan fingerprint density at radius 1 is 1.52 bits per heavy atom. The lowest BCUT2D eigenvalue weighted by atomic mass is 10.0. The van der Waals surface area contributed by atoms with Crippen LogP contribution in [0.25, 0.3) is 0 Å². The van der Waals surface area contributed by atoms with Gasteiger partial charge in [-0.3, -0.25) is 14.5 Å². The molecule has 1 saturated heterocycles. The Balaban J connectivity index is 1.84. The average Bonchev–Trinajstić information content (AvgIpc) is 3.03. The topological polar surface area (TPSA) is 75.9 Å². The molecule has 1 aromatic rings. The number of halogens is 1. The third-order valence-electron chi connectivity index (χ3n) is 3.78. The molecule has 114 valence electrons. The van der Waals surface area contributed by atoms with E-state index in [0.29, 0.717) is 22.7 Å². The van der Waals surface area contributed by atoms with Crippen molar-refractivity contribution in [1.82, 2.24) is 9.96 Å². The van der Waals surface area contributed by atoms with Crippen LogP contribution in [0.1, 0.15) is 31.7 Å². The smallest absolute Gasteiger partial charge is 0.285 e. The van der Waals surface area contributed by atoms with Crippen LogP contribution < -0.4 is 10.6 Å². The molecular weight excluding hydrogens is 297 g/mol. The summed E-state index contributed by atoms with van der Waals surface area (Å²) in [4.78, 5) is 30.6. The first-order valence-corrected chi connectivity index (χ1v) is 7.70. The van der Waals surface area contributed by atoms with Crippen LogP contribution in [0, 0.1) is 0 Å². The molecule has 1 fully saturated rings. The number of nitrogens with two attached hydrogens (primary N) is 1. The SMILES string of the molecule is CCCN1C(=O)CC[C@@](F)(N2Cc3c(csc3N)O2)C1=O. The molecule has 21 heavy (non-hydrogen) atoms. The summed E-state index contributed by atoms with van der Waals surface area (Å²) in [7, 11) is 0. The number of nitrogens with zero attached hydrogens (tertiary/aromatic N) is 2. The van der Waals surface area contributed by atoms with Crippen molar-refractivity contribution in [3.05, 3.63) is 10.9 Å². The van der Waals surface area contributed by atoms with E-state index >= 15 is 4.39 Å². The van der Waals surface area contributed by atoms with Crippen LogP contribution in [0.3, 0.4) is 0 Å². The number of imide groups is 1. The number of carbonyl (C=O) groups is 2. The molecule has 0 radical (unpaired) electrons. The van der Waals surface area contributed by atoms with Gasteiger partial charge in [0, 0.05) is 30.3 Å². The Morgan fingerprint density at radius 2 is 2.29 bits per heavy atom. The molecule has 8 heteroatoms. The van der Waals surface area contributed by atoms with Gasteiger partial charge in [0.1, 0.15) is 0 Å². The molecule has 2 aliphatic heterocycles. The van der Waals surface area contributed by atoms with Gasteiger partial charge < -0.3 is 10.6 Å². The number of amides is 2. The number of hydroxylamine groups is 2. The predicted octanol–water partition coefficient (Wildman–Crippen LogP) is 1.66. The van der Waals surface area contributed by atoms with Crippen molar-refractivity contribution < 1.29 is 18.8 Å². The summed E-state index contributed by atoms with van der Waals surface area (Å²) in [5.41, 5.74) is 6.50. The zero-order chi connectivity index (χ0) is 15.2. The number of hydrogen-bond acceptors (Lipinski definition) is 6. The third kappa shape index (κ3) is 2.09. The van der Waals surface area contributed by atoms with E-state index in [2.05, 4.69) is 0 Å². The summed E-state index contributed by atoms with van der Waals surface area (Å²) >= 11 is 1.32. The number of carbonyl (C=O) groups excluding carboxylic acids is 2. The average molecular weight is 313 g/mol. The van der Waals surface area contributed by atoms with Crippen molar-refractivity contribution in [2.45, 2.75) is 38.5 Å². The molecular formula is C13H16FN3O3S. The fourth-order valence-corrected chi connectivity index (χ4v) is 3.35. The van der Waals surface area contributed by atoms with Gasteiger partial charge >= 0.3 is 0 Å². The molecule has 2 amide bonds. The maximum absolute atomic E-state index is 15.2. The fourth-order valence-electron chi connectivity index (χ4n) is 2.62. The van der Waals surface area contributed by atoms with Gasteiger partial charge in [-0.25, -0.2) is 4.39 Å². The Hall–Kier alpha value is -1.67. The van der Waals surface area contributed by atoms with Gasteiger partial charge in [0.15, 0.2) is 5.75 Å². The minimum Gasteiger partial charge on any atom is -0.401 e. The van der Waals surface area contributed by atoms with E-state index in [1.165, 1.54) is 11.3 Å². The van der Waals surface area contributed by atoms with E-state index in [-0.39, 0.29) is 31.8 Å². The van der Waals surface area contributed by atoms with Crippen molar-refractivity contribution in [1.29, 1.82) is 0 Å². The van der Waals surface area contributed by atoms with Gasteiger partial charge in [-0.15, -0.1) is 11.3 Å². The number of alkyl halides is 1. The first-order chi connectivity index (χ1) is 9.97. The maximum atomic E-state index is 15.2. The van der Waals surface area contributed by atoms with Crippen molar-refractivity contribution in [2.24, 2.45) is 0 Å². The van der Waals surface area contributed by atoms with Gasteiger partial charge in [0.25, 0.3) is 11.7 Å². The zero-order valence-corrected chi connectivity index (χ0v) is 12.4. The van der Waals surface area contributed by atoms with Crippen LogP contribution in [0.2, 0.25) is 0 Å². The molecule has 0 aliphatic carbocycles. The second-order valence-corrected chi connectivity index (χ2v) is 6.09. The highest BCUT2D eigenvalue weighted by molar-refractivity contribution is 7.14. The number of fused-ring (bicyclic) bond motifs is 1. The minimum absolute atomic E-state index is 0.00950. The standard InChI is InChI=1S/C13H16FN3O3S/c1-2-5-16-10(18)3-4-13(14,12(16)19)17-6-8-9(20-17)7-21-11(8)15/h7H,2-6,15H2,1H3/t13-/m1/s1. The Bertz CT molecular complexity index is 605. The Kier molecular flexibility index (Phi) is 3.37. The molecule has 1 aromatic heterocycles. The van der Waals surface area contributed by atoms with E-state index in [4.69, 9.17) is 10.6 Å². The normalized spacial score (nSPS) is 26.1. The number of thiophene rings is 1. The maximum Gasteiger partial charge on any atom is 0.285 e. The van der Waals surface area contributed by atoms with Crippen molar-refractivity contribution >= 4 is 28.2 Å². The van der Waals surface area contributed by atoms with Crippen LogP contribution >= 0.6 is 11.3 Å². The monoisotopic (exact) mass is 313 g/mol. The van der Waals surface area contributed by atoms with Gasteiger partial charge in [0.05, 0.1) is 11.5 Å². The number of rotatable bonds is 3. The summed E-state index contributed by atoms with van der Waals surface area (Å²) in [6.45, 7) is 2.17. The molecule has 2 N–H and O–H groups in total. The molecule has 3 rings (SSSR count). The van der Waals surface area contributed by atoms with Crippen molar-refractivity contribution in [2.75, 3.05) is 12.3 Å². The largest absolute Gasteiger partial charge is 0.401 e. The second-order valence-electron chi connectivity index (χ2n) is 5.18. The first kappa shape index (κ1) is 14.3. The second kappa shape index (κ2) is 4.96. The quantitative estimate of drug-likeness (QED) is 0.678. The van der Waals surface area contributed by atoms with E-state index in [0.717, 1.165) is 9.96 Å².